The highest BCUT2D eigenvalue weighted by Gasteiger charge is 2.16. The molecule has 2 amide bonds. The third-order valence-electron chi connectivity index (χ3n) is 3.16. The minimum atomic E-state index is -0.368. The average Bonchev–Trinajstić information content (AvgIpc) is 2.55. The van der Waals surface area contributed by atoms with Gasteiger partial charge in [-0.1, -0.05) is 12.1 Å². The highest BCUT2D eigenvalue weighted by atomic mass is 16.5. The van der Waals surface area contributed by atoms with E-state index in [4.69, 9.17) is 9.47 Å². The van der Waals surface area contributed by atoms with Gasteiger partial charge < -0.3 is 19.7 Å². The van der Waals surface area contributed by atoms with Gasteiger partial charge >= 0.3 is 12.0 Å². The molecule has 1 saturated heterocycles. The van der Waals surface area contributed by atoms with Crippen molar-refractivity contribution in [3.8, 4) is 0 Å². The van der Waals surface area contributed by atoms with Crippen LogP contribution in [0.5, 0.6) is 0 Å². The summed E-state index contributed by atoms with van der Waals surface area (Å²) < 4.78 is 10.0. The van der Waals surface area contributed by atoms with Crippen molar-refractivity contribution in [1.82, 2.24) is 4.90 Å². The summed E-state index contributed by atoms with van der Waals surface area (Å²) in [7, 11) is 0. The maximum Gasteiger partial charge on any atom is 0.330 e. The van der Waals surface area contributed by atoms with Crippen molar-refractivity contribution >= 4 is 23.8 Å². The lowest BCUT2D eigenvalue weighted by atomic mass is 10.2. The molecule has 0 saturated carbocycles. The number of nitrogens with zero attached hydrogens (tertiary/aromatic N) is 1. The first-order valence-electron chi connectivity index (χ1n) is 7.27. The molecule has 1 heterocycles. The van der Waals surface area contributed by atoms with Gasteiger partial charge in [0.25, 0.3) is 0 Å². The van der Waals surface area contributed by atoms with Gasteiger partial charge in [-0.15, -0.1) is 0 Å². The SMILES string of the molecule is CCOC(=O)/C=C\c1ccc(NC(=O)N2CCOCC2)cc1. The van der Waals surface area contributed by atoms with Crippen LogP contribution in [-0.2, 0) is 14.3 Å². The standard InChI is InChI=1S/C16H20N2O4/c1-2-22-15(19)8-5-13-3-6-14(7-4-13)17-16(20)18-9-11-21-12-10-18/h3-8H,2,9-12H2,1H3,(H,17,20)/b8-5-. The Labute approximate surface area is 129 Å². The van der Waals surface area contributed by atoms with E-state index in [1.807, 2.05) is 12.1 Å². The van der Waals surface area contributed by atoms with E-state index in [9.17, 15) is 9.59 Å². The van der Waals surface area contributed by atoms with Crippen LogP contribution in [0.3, 0.4) is 0 Å². The van der Waals surface area contributed by atoms with E-state index < -0.39 is 0 Å². The third-order valence-corrected chi connectivity index (χ3v) is 3.16. The maximum atomic E-state index is 12.0. The van der Waals surface area contributed by atoms with Crippen LogP contribution in [0.2, 0.25) is 0 Å². The largest absolute Gasteiger partial charge is 0.463 e. The molecule has 0 radical (unpaired) electrons. The van der Waals surface area contributed by atoms with E-state index in [-0.39, 0.29) is 12.0 Å². The number of hydrogen-bond donors (Lipinski definition) is 1. The van der Waals surface area contributed by atoms with Crippen LogP contribution in [0.15, 0.2) is 30.3 Å². The number of esters is 1. The van der Waals surface area contributed by atoms with E-state index in [1.165, 1.54) is 6.08 Å². The number of nitrogens with one attached hydrogen (secondary N) is 1. The Morgan fingerprint density at radius 2 is 1.95 bits per heavy atom. The Hall–Kier alpha value is -2.34. The smallest absolute Gasteiger partial charge is 0.330 e. The number of anilines is 1. The number of ether oxygens (including phenoxy) is 2. The van der Waals surface area contributed by atoms with Crippen molar-refractivity contribution in [1.29, 1.82) is 0 Å². The zero-order valence-corrected chi connectivity index (χ0v) is 12.6. The highest BCUT2D eigenvalue weighted by molar-refractivity contribution is 5.90. The van der Waals surface area contributed by atoms with Gasteiger partial charge in [0.2, 0.25) is 0 Å². The van der Waals surface area contributed by atoms with Gasteiger partial charge in [0.15, 0.2) is 0 Å². The molecule has 0 bridgehead atoms. The number of amides is 2. The number of rotatable bonds is 4. The quantitative estimate of drug-likeness (QED) is 0.683. The summed E-state index contributed by atoms with van der Waals surface area (Å²) in [4.78, 5) is 25.0. The molecule has 1 N–H and O–H groups in total. The lowest BCUT2D eigenvalue weighted by Crippen LogP contribution is -2.43. The summed E-state index contributed by atoms with van der Waals surface area (Å²) in [6.45, 7) is 4.47. The predicted molar refractivity (Wildman–Crippen MR) is 83.5 cm³/mol. The second kappa shape index (κ2) is 8.19. The summed E-state index contributed by atoms with van der Waals surface area (Å²) in [5.41, 5.74) is 1.57. The number of hydrogen-bond acceptors (Lipinski definition) is 4. The molecule has 6 heteroatoms. The average molecular weight is 304 g/mol. The van der Waals surface area contributed by atoms with Crippen LogP contribution < -0.4 is 5.32 Å². The van der Waals surface area contributed by atoms with Crippen LogP contribution in [0.4, 0.5) is 10.5 Å². The van der Waals surface area contributed by atoms with Gasteiger partial charge in [-0.2, -0.15) is 0 Å². The molecule has 1 aromatic rings. The van der Waals surface area contributed by atoms with Crippen LogP contribution in [0.25, 0.3) is 6.08 Å². The minimum Gasteiger partial charge on any atom is -0.463 e. The van der Waals surface area contributed by atoms with Crippen LogP contribution in [0, 0.1) is 0 Å². The molecular formula is C16H20N2O4. The maximum absolute atomic E-state index is 12.0. The molecule has 2 rings (SSSR count). The first-order valence-corrected chi connectivity index (χ1v) is 7.27. The van der Waals surface area contributed by atoms with Crippen molar-refractivity contribution in [2.45, 2.75) is 6.92 Å². The molecule has 0 unspecified atom stereocenters. The highest BCUT2D eigenvalue weighted by Crippen LogP contribution is 2.12. The third kappa shape index (κ3) is 4.89. The molecule has 1 fully saturated rings. The van der Waals surface area contributed by atoms with Crippen molar-refractivity contribution < 1.29 is 19.1 Å². The van der Waals surface area contributed by atoms with Crippen molar-refractivity contribution in [3.63, 3.8) is 0 Å². The van der Waals surface area contributed by atoms with Gasteiger partial charge in [-0.3, -0.25) is 0 Å². The Morgan fingerprint density at radius 1 is 1.27 bits per heavy atom. The number of benzene rings is 1. The topological polar surface area (TPSA) is 67.9 Å². The summed E-state index contributed by atoms with van der Waals surface area (Å²) >= 11 is 0. The van der Waals surface area contributed by atoms with Crippen molar-refractivity contribution in [2.24, 2.45) is 0 Å². The Morgan fingerprint density at radius 3 is 2.59 bits per heavy atom. The molecule has 0 spiro atoms. The van der Waals surface area contributed by atoms with Crippen LogP contribution in [0.1, 0.15) is 12.5 Å². The summed E-state index contributed by atoms with van der Waals surface area (Å²) in [6.07, 6.45) is 3.05. The van der Waals surface area contributed by atoms with Gasteiger partial charge in [0, 0.05) is 24.9 Å². The first kappa shape index (κ1) is 16.0. The molecular weight excluding hydrogens is 284 g/mol. The Bertz CT molecular complexity index is 534. The molecule has 1 aromatic carbocycles. The lowest BCUT2D eigenvalue weighted by Gasteiger charge is -2.26. The molecule has 1 aliphatic heterocycles. The normalized spacial score (nSPS) is 14.9. The zero-order valence-electron chi connectivity index (χ0n) is 12.6. The molecule has 6 nitrogen and oxygen atoms in total. The van der Waals surface area contributed by atoms with E-state index in [0.717, 1.165) is 5.56 Å². The molecule has 0 atom stereocenters. The molecule has 0 aliphatic carbocycles. The number of morpholine rings is 1. The van der Waals surface area contributed by atoms with Crippen LogP contribution in [-0.4, -0.2) is 49.8 Å². The predicted octanol–water partition coefficient (Wildman–Crippen LogP) is 2.13. The molecule has 0 aromatic heterocycles. The van der Waals surface area contributed by atoms with E-state index in [0.29, 0.717) is 38.6 Å². The zero-order chi connectivity index (χ0) is 15.8. The molecule has 118 valence electrons. The fourth-order valence-corrected chi connectivity index (χ4v) is 2.00. The summed E-state index contributed by atoms with van der Waals surface area (Å²) in [6, 6.07) is 7.11. The minimum absolute atomic E-state index is 0.127. The fraction of sp³-hybridized carbons (Fsp3) is 0.375. The number of urea groups is 1. The van der Waals surface area contributed by atoms with E-state index in [1.54, 1.807) is 30.0 Å². The van der Waals surface area contributed by atoms with E-state index >= 15 is 0 Å². The van der Waals surface area contributed by atoms with Gasteiger partial charge in [-0.25, -0.2) is 9.59 Å². The molecule has 1 aliphatic rings. The monoisotopic (exact) mass is 304 g/mol. The Balaban J connectivity index is 1.88. The number of carbonyl (C=O) groups is 2. The Kier molecular flexibility index (Phi) is 5.97. The molecule has 22 heavy (non-hydrogen) atoms. The first-order chi connectivity index (χ1) is 10.7. The second-order valence-electron chi connectivity index (χ2n) is 4.74. The van der Waals surface area contributed by atoms with Gasteiger partial charge in [0.1, 0.15) is 0 Å². The van der Waals surface area contributed by atoms with Gasteiger partial charge in [-0.05, 0) is 30.7 Å². The van der Waals surface area contributed by atoms with Crippen molar-refractivity contribution in [2.75, 3.05) is 38.2 Å². The van der Waals surface area contributed by atoms with Crippen molar-refractivity contribution in [3.05, 3.63) is 35.9 Å². The number of carbonyl (C=O) groups excluding carboxylic acids is 2. The van der Waals surface area contributed by atoms with E-state index in [2.05, 4.69) is 5.32 Å². The summed E-state index contributed by atoms with van der Waals surface area (Å²) in [5.74, 6) is -0.368. The lowest BCUT2D eigenvalue weighted by molar-refractivity contribution is -0.137. The van der Waals surface area contributed by atoms with Crippen LogP contribution >= 0.6 is 0 Å². The fourth-order valence-electron chi connectivity index (χ4n) is 2.00. The van der Waals surface area contributed by atoms with Gasteiger partial charge in [0.05, 0.1) is 19.8 Å². The summed E-state index contributed by atoms with van der Waals surface area (Å²) in [5, 5.41) is 2.84. The second-order valence-corrected chi connectivity index (χ2v) is 4.74.